The monoisotopic (exact) mass is 274 g/mol. The maximum Gasteiger partial charge on any atom is 0.324 e. The predicted molar refractivity (Wildman–Crippen MR) is 72.4 cm³/mol. The summed E-state index contributed by atoms with van der Waals surface area (Å²) in [6, 6.07) is 0.354. The Balaban J connectivity index is 2.56. The molecule has 0 aromatic heterocycles. The van der Waals surface area contributed by atoms with Crippen LogP contribution in [0.5, 0.6) is 0 Å². The fourth-order valence-electron chi connectivity index (χ4n) is 2.01. The van der Waals surface area contributed by atoms with E-state index in [1.165, 1.54) is 0 Å². The maximum absolute atomic E-state index is 11.5. The van der Waals surface area contributed by atoms with E-state index in [0.717, 1.165) is 12.8 Å². The van der Waals surface area contributed by atoms with Gasteiger partial charge in [-0.2, -0.15) is 0 Å². The minimum atomic E-state index is -0.914. The molecule has 0 spiro atoms. The molecule has 19 heavy (non-hydrogen) atoms. The molecule has 1 fully saturated rings. The zero-order valence-electron chi connectivity index (χ0n) is 12.1. The largest absolute Gasteiger partial charge is 0.480 e. The van der Waals surface area contributed by atoms with Gasteiger partial charge in [-0.3, -0.25) is 15.0 Å². The van der Waals surface area contributed by atoms with Crippen molar-refractivity contribution >= 4 is 5.97 Å². The molecular weight excluding hydrogens is 248 g/mol. The molecule has 0 amide bonds. The van der Waals surface area contributed by atoms with E-state index in [9.17, 15) is 9.90 Å². The van der Waals surface area contributed by atoms with Gasteiger partial charge in [0.05, 0.1) is 13.2 Å². The lowest BCUT2D eigenvalue weighted by Crippen LogP contribution is -2.58. The summed E-state index contributed by atoms with van der Waals surface area (Å²) in [5, 5.41) is 12.7. The first-order chi connectivity index (χ1) is 9.01. The molecule has 0 heterocycles. The highest BCUT2D eigenvalue weighted by atomic mass is 16.5. The number of nitrogens with zero attached hydrogens (tertiary/aromatic N) is 1. The van der Waals surface area contributed by atoms with Crippen LogP contribution in [-0.4, -0.2) is 74.6 Å². The molecule has 0 aliphatic heterocycles. The Morgan fingerprint density at radius 2 is 1.84 bits per heavy atom. The smallest absolute Gasteiger partial charge is 0.324 e. The third-order valence-corrected chi connectivity index (χ3v) is 3.34. The number of carboxylic acid groups (broad SMARTS) is 1. The average molecular weight is 274 g/mol. The van der Waals surface area contributed by atoms with Gasteiger partial charge in [-0.25, -0.2) is 0 Å². The highest BCUT2D eigenvalue weighted by Gasteiger charge is 2.39. The lowest BCUT2D eigenvalue weighted by atomic mass is 10.0. The van der Waals surface area contributed by atoms with Crippen LogP contribution in [0.25, 0.3) is 0 Å². The highest BCUT2D eigenvalue weighted by Crippen LogP contribution is 2.23. The van der Waals surface area contributed by atoms with Crippen molar-refractivity contribution in [3.05, 3.63) is 0 Å². The number of hydrogen-bond acceptors (Lipinski definition) is 5. The van der Waals surface area contributed by atoms with Crippen molar-refractivity contribution < 1.29 is 19.4 Å². The first-order valence-electron chi connectivity index (χ1n) is 6.73. The Morgan fingerprint density at radius 3 is 2.21 bits per heavy atom. The van der Waals surface area contributed by atoms with Crippen molar-refractivity contribution in [3.63, 3.8) is 0 Å². The molecule has 0 aromatic rings. The molecule has 6 heteroatoms. The first-order valence-corrected chi connectivity index (χ1v) is 6.73. The van der Waals surface area contributed by atoms with Gasteiger partial charge >= 0.3 is 5.97 Å². The van der Waals surface area contributed by atoms with E-state index in [-0.39, 0.29) is 0 Å². The van der Waals surface area contributed by atoms with Gasteiger partial charge in [0.2, 0.25) is 0 Å². The predicted octanol–water partition coefficient (Wildman–Crippen LogP) is 0.177. The topological polar surface area (TPSA) is 71.0 Å². The molecule has 1 atom stereocenters. The molecular formula is C13H26N2O4. The summed E-state index contributed by atoms with van der Waals surface area (Å²) in [6.45, 7) is 4.78. The second kappa shape index (κ2) is 7.79. The Bertz CT molecular complexity index is 276. The first kappa shape index (κ1) is 16.4. The summed E-state index contributed by atoms with van der Waals surface area (Å²) in [6.07, 6.45) is 2.14. The van der Waals surface area contributed by atoms with Crippen molar-refractivity contribution in [2.45, 2.75) is 31.3 Å². The molecule has 0 aromatic carbocycles. The minimum Gasteiger partial charge on any atom is -0.480 e. The van der Waals surface area contributed by atoms with Crippen molar-refractivity contribution in [1.29, 1.82) is 0 Å². The number of methoxy groups -OCH3 is 2. The molecule has 1 aliphatic rings. The molecule has 1 rings (SSSR count). The Morgan fingerprint density at radius 1 is 1.32 bits per heavy atom. The third-order valence-electron chi connectivity index (χ3n) is 3.34. The zero-order valence-corrected chi connectivity index (χ0v) is 12.1. The van der Waals surface area contributed by atoms with Crippen LogP contribution in [0.3, 0.4) is 0 Å². The summed E-state index contributed by atoms with van der Waals surface area (Å²) in [5.74, 6) is -0.806. The van der Waals surface area contributed by atoms with Crippen LogP contribution >= 0.6 is 0 Å². The Labute approximate surface area is 115 Å². The summed E-state index contributed by atoms with van der Waals surface area (Å²) in [4.78, 5) is 13.6. The number of ether oxygens (including phenoxy) is 2. The van der Waals surface area contributed by atoms with E-state index in [2.05, 4.69) is 10.2 Å². The van der Waals surface area contributed by atoms with Crippen molar-refractivity contribution in [3.8, 4) is 0 Å². The Hall–Kier alpha value is -0.690. The number of carbonyl (C=O) groups is 1. The van der Waals surface area contributed by atoms with Crippen LogP contribution in [0, 0.1) is 0 Å². The number of aliphatic carboxylic acids is 1. The molecule has 112 valence electrons. The van der Waals surface area contributed by atoms with Gasteiger partial charge < -0.3 is 14.6 Å². The molecule has 1 aliphatic carbocycles. The van der Waals surface area contributed by atoms with E-state index < -0.39 is 11.5 Å². The molecule has 1 saturated carbocycles. The second-order valence-electron chi connectivity index (χ2n) is 5.32. The number of carboxylic acids is 1. The molecule has 0 radical (unpaired) electrons. The van der Waals surface area contributed by atoms with Gasteiger partial charge in [-0.05, 0) is 19.8 Å². The van der Waals surface area contributed by atoms with Crippen LogP contribution in [-0.2, 0) is 14.3 Å². The van der Waals surface area contributed by atoms with E-state index in [1.54, 1.807) is 21.1 Å². The standard InChI is InChI=1S/C13H26N2O4/c1-13(12(16)17,14-11-4-5-11)10-15(6-8-18-2)7-9-19-3/h11,14H,4-10H2,1-3H3,(H,16,17). The lowest BCUT2D eigenvalue weighted by Gasteiger charge is -2.33. The van der Waals surface area contributed by atoms with E-state index in [1.807, 2.05) is 0 Å². The molecule has 1 unspecified atom stereocenters. The normalized spacial score (nSPS) is 18.5. The molecule has 2 N–H and O–H groups in total. The van der Waals surface area contributed by atoms with Crippen LogP contribution in [0.1, 0.15) is 19.8 Å². The zero-order chi connectivity index (χ0) is 14.3. The van der Waals surface area contributed by atoms with Crippen LogP contribution in [0.15, 0.2) is 0 Å². The van der Waals surface area contributed by atoms with Crippen LogP contribution in [0.2, 0.25) is 0 Å². The third kappa shape index (κ3) is 5.86. The van der Waals surface area contributed by atoms with E-state index in [0.29, 0.717) is 38.9 Å². The van der Waals surface area contributed by atoms with Gasteiger partial charge in [0, 0.05) is 39.9 Å². The number of rotatable bonds is 11. The summed E-state index contributed by atoms with van der Waals surface area (Å²) >= 11 is 0. The van der Waals surface area contributed by atoms with Crippen molar-refractivity contribution in [2.75, 3.05) is 47.1 Å². The van der Waals surface area contributed by atoms with E-state index >= 15 is 0 Å². The number of hydrogen-bond donors (Lipinski definition) is 2. The summed E-state index contributed by atoms with van der Waals surface area (Å²) < 4.78 is 10.1. The fraction of sp³-hybridized carbons (Fsp3) is 0.923. The average Bonchev–Trinajstić information content (AvgIpc) is 3.16. The van der Waals surface area contributed by atoms with Gasteiger partial charge in [-0.15, -0.1) is 0 Å². The fourth-order valence-corrected chi connectivity index (χ4v) is 2.01. The second-order valence-corrected chi connectivity index (χ2v) is 5.32. The highest BCUT2D eigenvalue weighted by molar-refractivity contribution is 5.78. The van der Waals surface area contributed by atoms with Crippen LogP contribution < -0.4 is 5.32 Å². The van der Waals surface area contributed by atoms with Gasteiger partial charge in [0.15, 0.2) is 0 Å². The van der Waals surface area contributed by atoms with Crippen molar-refractivity contribution in [2.24, 2.45) is 0 Å². The quantitative estimate of drug-likeness (QED) is 0.560. The van der Waals surface area contributed by atoms with E-state index in [4.69, 9.17) is 9.47 Å². The Kier molecular flexibility index (Phi) is 6.71. The van der Waals surface area contributed by atoms with Crippen LogP contribution in [0.4, 0.5) is 0 Å². The van der Waals surface area contributed by atoms with Crippen molar-refractivity contribution in [1.82, 2.24) is 10.2 Å². The lowest BCUT2D eigenvalue weighted by molar-refractivity contribution is -0.145. The maximum atomic E-state index is 11.5. The summed E-state index contributed by atoms with van der Waals surface area (Å²) in [5.41, 5.74) is -0.914. The molecule has 0 saturated heterocycles. The SMILES string of the molecule is COCCN(CCOC)CC(C)(NC1CC1)C(=O)O. The molecule has 6 nitrogen and oxygen atoms in total. The van der Waals surface area contributed by atoms with Gasteiger partial charge in [-0.1, -0.05) is 0 Å². The number of nitrogens with one attached hydrogen (secondary N) is 1. The van der Waals surface area contributed by atoms with Gasteiger partial charge in [0.25, 0.3) is 0 Å². The molecule has 0 bridgehead atoms. The summed E-state index contributed by atoms with van der Waals surface area (Å²) in [7, 11) is 3.29. The minimum absolute atomic E-state index is 0.354. The van der Waals surface area contributed by atoms with Gasteiger partial charge in [0.1, 0.15) is 5.54 Å².